The third-order valence-electron chi connectivity index (χ3n) is 5.41. The van der Waals surface area contributed by atoms with Gasteiger partial charge < -0.3 is 4.90 Å². The first-order chi connectivity index (χ1) is 13.5. The summed E-state index contributed by atoms with van der Waals surface area (Å²) in [6.45, 7) is 5.48. The second-order valence-electron chi connectivity index (χ2n) is 7.52. The monoisotopic (exact) mass is 420 g/mol. The van der Waals surface area contributed by atoms with E-state index in [1.807, 2.05) is 13.8 Å². The summed E-state index contributed by atoms with van der Waals surface area (Å²) in [6.07, 6.45) is 0.539. The molecule has 1 aromatic heterocycles. The van der Waals surface area contributed by atoms with Crippen molar-refractivity contribution in [1.82, 2.24) is 9.78 Å². The number of rotatable bonds is 6. The lowest BCUT2D eigenvalue weighted by atomic mass is 10.1. The Morgan fingerprint density at radius 2 is 2.07 bits per heavy atom. The topological polar surface area (TPSA) is 115 Å². The number of nitro groups is 1. The smallest absolute Gasteiger partial charge is 0.293 e. The number of anilines is 1. The molecule has 0 unspecified atom stereocenters. The predicted molar refractivity (Wildman–Crippen MR) is 109 cm³/mol. The van der Waals surface area contributed by atoms with Crippen LogP contribution in [0.2, 0.25) is 0 Å². The van der Waals surface area contributed by atoms with Crippen molar-refractivity contribution in [3.8, 4) is 0 Å². The zero-order valence-electron chi connectivity index (χ0n) is 16.9. The Balaban J connectivity index is 1.91. The maximum Gasteiger partial charge on any atom is 0.293 e. The van der Waals surface area contributed by atoms with Crippen molar-refractivity contribution >= 4 is 27.0 Å². The molecule has 1 saturated heterocycles. The Bertz CT molecular complexity index is 1090. The summed E-state index contributed by atoms with van der Waals surface area (Å²) in [6, 6.07) is 4.27. The molecule has 2 heterocycles. The van der Waals surface area contributed by atoms with Crippen LogP contribution in [-0.4, -0.2) is 47.5 Å². The molecule has 9 nitrogen and oxygen atoms in total. The minimum atomic E-state index is -3.03. The number of Topliss-reactive ketones (excluding diaryl/α,β-unsaturated/α-hetero) is 1. The third-order valence-corrected chi connectivity index (χ3v) is 7.16. The molecular formula is C19H24N4O5S. The number of ketones is 1. The van der Waals surface area contributed by atoms with Crippen molar-refractivity contribution in [2.75, 3.05) is 23.5 Å². The Kier molecular flexibility index (Phi) is 5.48. The van der Waals surface area contributed by atoms with E-state index in [1.54, 1.807) is 28.8 Å². The molecule has 156 valence electrons. The van der Waals surface area contributed by atoms with Crippen molar-refractivity contribution in [1.29, 1.82) is 0 Å². The van der Waals surface area contributed by atoms with E-state index in [9.17, 15) is 23.3 Å². The number of benzene rings is 1. The van der Waals surface area contributed by atoms with Gasteiger partial charge in [0.15, 0.2) is 15.6 Å². The quantitative estimate of drug-likeness (QED) is 0.401. The Morgan fingerprint density at radius 1 is 1.38 bits per heavy atom. The normalized spacial score (nSPS) is 18.0. The van der Waals surface area contributed by atoms with Crippen LogP contribution in [0.4, 0.5) is 11.4 Å². The molecule has 0 radical (unpaired) electrons. The van der Waals surface area contributed by atoms with E-state index < -0.39 is 14.8 Å². The number of nitrogens with zero attached hydrogens (tertiary/aromatic N) is 4. The van der Waals surface area contributed by atoms with Gasteiger partial charge in [-0.15, -0.1) is 0 Å². The van der Waals surface area contributed by atoms with Crippen LogP contribution in [0.5, 0.6) is 0 Å². The molecule has 1 aliphatic heterocycles. The average molecular weight is 420 g/mol. The van der Waals surface area contributed by atoms with Gasteiger partial charge in [-0.2, -0.15) is 5.10 Å². The largest absolute Gasteiger partial charge is 0.365 e. The standard InChI is InChI=1S/C19H24N4O5S/c1-12-17(13(2)22(20-12)16-7-8-29(27,28)11-16)10-21(4)18-6-5-15(14(3)24)9-19(18)23(25)26/h5-6,9,16H,7-8,10-11H2,1-4H3/t16-/m1/s1. The van der Waals surface area contributed by atoms with Crippen LogP contribution in [-0.2, 0) is 16.4 Å². The van der Waals surface area contributed by atoms with Crippen molar-refractivity contribution in [2.24, 2.45) is 0 Å². The Hall–Kier alpha value is -2.75. The molecule has 1 fully saturated rings. The Labute approximate surface area is 169 Å². The molecular weight excluding hydrogens is 396 g/mol. The lowest BCUT2D eigenvalue weighted by molar-refractivity contribution is -0.384. The fraction of sp³-hybridized carbons (Fsp3) is 0.474. The van der Waals surface area contributed by atoms with E-state index in [2.05, 4.69) is 5.10 Å². The van der Waals surface area contributed by atoms with Crippen LogP contribution >= 0.6 is 0 Å². The van der Waals surface area contributed by atoms with Crippen LogP contribution < -0.4 is 4.90 Å². The molecule has 2 aromatic rings. The predicted octanol–water partition coefficient (Wildman–Crippen LogP) is 2.61. The highest BCUT2D eigenvalue weighted by Gasteiger charge is 2.31. The second-order valence-corrected chi connectivity index (χ2v) is 9.75. The second kappa shape index (κ2) is 7.58. The van der Waals surface area contributed by atoms with Crippen LogP contribution in [0.1, 0.15) is 46.7 Å². The van der Waals surface area contributed by atoms with Gasteiger partial charge in [-0.1, -0.05) is 0 Å². The molecule has 1 aliphatic rings. The molecule has 3 rings (SSSR count). The van der Waals surface area contributed by atoms with Crippen LogP contribution in [0.3, 0.4) is 0 Å². The van der Waals surface area contributed by atoms with E-state index in [4.69, 9.17) is 0 Å². The van der Waals surface area contributed by atoms with Gasteiger partial charge in [0, 0.05) is 36.5 Å². The summed E-state index contributed by atoms with van der Waals surface area (Å²) >= 11 is 0. The van der Waals surface area contributed by atoms with Gasteiger partial charge in [-0.05, 0) is 39.3 Å². The van der Waals surface area contributed by atoms with Crippen molar-refractivity contribution in [3.63, 3.8) is 0 Å². The zero-order valence-corrected chi connectivity index (χ0v) is 17.7. The molecule has 1 atom stereocenters. The number of aromatic nitrogens is 2. The third kappa shape index (κ3) is 4.16. The molecule has 0 spiro atoms. The first kappa shape index (κ1) is 21.0. The fourth-order valence-electron chi connectivity index (χ4n) is 3.78. The minimum absolute atomic E-state index is 0.0855. The highest BCUT2D eigenvalue weighted by Crippen LogP contribution is 2.32. The van der Waals surface area contributed by atoms with E-state index in [0.717, 1.165) is 17.0 Å². The lowest BCUT2D eigenvalue weighted by Crippen LogP contribution is -2.19. The van der Waals surface area contributed by atoms with E-state index in [1.165, 1.54) is 13.0 Å². The maximum atomic E-state index is 11.8. The lowest BCUT2D eigenvalue weighted by Gasteiger charge is -2.20. The average Bonchev–Trinajstić information content (AvgIpc) is 3.14. The molecule has 0 N–H and O–H groups in total. The summed E-state index contributed by atoms with van der Waals surface area (Å²) in [7, 11) is -1.29. The van der Waals surface area contributed by atoms with Crippen LogP contribution in [0.25, 0.3) is 0 Å². The molecule has 0 aliphatic carbocycles. The molecule has 1 aromatic carbocycles. The van der Waals surface area contributed by atoms with Gasteiger partial charge in [-0.3, -0.25) is 19.6 Å². The number of hydrogen-bond acceptors (Lipinski definition) is 7. The zero-order chi connectivity index (χ0) is 21.5. The van der Waals surface area contributed by atoms with Crippen molar-refractivity contribution in [3.05, 3.63) is 50.8 Å². The van der Waals surface area contributed by atoms with Gasteiger partial charge >= 0.3 is 0 Å². The molecule has 0 bridgehead atoms. The van der Waals surface area contributed by atoms with Gasteiger partial charge in [0.1, 0.15) is 5.69 Å². The van der Waals surface area contributed by atoms with Crippen molar-refractivity contribution < 1.29 is 18.1 Å². The summed E-state index contributed by atoms with van der Waals surface area (Å²) < 4.78 is 25.4. The number of carbonyl (C=O) groups is 1. The highest BCUT2D eigenvalue weighted by atomic mass is 32.2. The number of carbonyl (C=O) groups excluding carboxylic acids is 1. The first-order valence-electron chi connectivity index (χ1n) is 9.25. The van der Waals surface area contributed by atoms with Crippen LogP contribution in [0, 0.1) is 24.0 Å². The SMILES string of the molecule is CC(=O)c1ccc(N(C)Cc2c(C)nn([C@@H]3CCS(=O)(=O)C3)c2C)c([N+](=O)[O-])c1. The number of sulfone groups is 1. The fourth-order valence-corrected chi connectivity index (χ4v) is 5.48. The van der Waals surface area contributed by atoms with E-state index in [-0.39, 0.29) is 34.6 Å². The maximum absolute atomic E-state index is 11.8. The van der Waals surface area contributed by atoms with Gasteiger partial charge in [0.25, 0.3) is 5.69 Å². The van der Waals surface area contributed by atoms with E-state index >= 15 is 0 Å². The molecule has 0 amide bonds. The van der Waals surface area contributed by atoms with E-state index in [0.29, 0.717) is 18.7 Å². The summed E-state index contributed by atoms with van der Waals surface area (Å²) in [4.78, 5) is 24.3. The van der Waals surface area contributed by atoms with Gasteiger partial charge in [0.05, 0.1) is 28.2 Å². The van der Waals surface area contributed by atoms with Gasteiger partial charge in [0.2, 0.25) is 0 Å². The Morgan fingerprint density at radius 3 is 2.62 bits per heavy atom. The summed E-state index contributed by atoms with van der Waals surface area (Å²) in [5, 5.41) is 16.1. The number of aryl methyl sites for hydroxylation is 1. The summed E-state index contributed by atoms with van der Waals surface area (Å²) in [5.74, 6) is 0.0177. The van der Waals surface area contributed by atoms with Crippen molar-refractivity contribution in [2.45, 2.75) is 39.8 Å². The minimum Gasteiger partial charge on any atom is -0.365 e. The number of nitro benzene ring substituents is 1. The molecule has 29 heavy (non-hydrogen) atoms. The number of hydrogen-bond donors (Lipinski definition) is 0. The highest BCUT2D eigenvalue weighted by molar-refractivity contribution is 7.91. The van der Waals surface area contributed by atoms with Gasteiger partial charge in [-0.25, -0.2) is 8.42 Å². The van der Waals surface area contributed by atoms with Crippen LogP contribution in [0.15, 0.2) is 18.2 Å². The molecule has 0 saturated carbocycles. The molecule has 10 heteroatoms. The first-order valence-corrected chi connectivity index (χ1v) is 11.1. The summed E-state index contributed by atoms with van der Waals surface area (Å²) in [5.41, 5.74) is 3.08.